The van der Waals surface area contributed by atoms with Crippen LogP contribution in [0.5, 0.6) is 0 Å². The average Bonchev–Trinajstić information content (AvgIpc) is 3.36. The molecule has 0 bridgehead atoms. The Morgan fingerprint density at radius 2 is 1.79 bits per heavy atom. The number of fused-ring (bicyclic) bond motifs is 1. The van der Waals surface area contributed by atoms with Crippen molar-refractivity contribution in [2.45, 2.75) is 5.92 Å². The minimum Gasteiger partial charge on any atom is -0.384 e. The third-order valence-electron chi connectivity index (χ3n) is 4.93. The first-order valence-corrected chi connectivity index (χ1v) is 9.30. The van der Waals surface area contributed by atoms with E-state index >= 15 is 0 Å². The normalized spacial score (nSPS) is 16.8. The summed E-state index contributed by atoms with van der Waals surface area (Å²) in [7, 11) is 3.73. The molecule has 7 nitrogen and oxygen atoms in total. The van der Waals surface area contributed by atoms with E-state index in [1.165, 1.54) is 15.9 Å². The van der Waals surface area contributed by atoms with E-state index in [0.29, 0.717) is 14.8 Å². The van der Waals surface area contributed by atoms with E-state index in [-0.39, 0.29) is 17.0 Å². The van der Waals surface area contributed by atoms with Crippen molar-refractivity contribution in [1.29, 1.82) is 10.5 Å². The summed E-state index contributed by atoms with van der Waals surface area (Å²) in [5.74, 6) is -0.522. The number of nitrogens with zero attached hydrogens (tertiary/aromatic N) is 5. The second-order valence-electron chi connectivity index (χ2n) is 6.51. The molecule has 1 aliphatic heterocycles. The molecule has 0 aromatic carbocycles. The first-order chi connectivity index (χ1) is 13.5. The summed E-state index contributed by atoms with van der Waals surface area (Å²) >= 11 is 1.21. The molecule has 138 valence electrons. The molecule has 0 saturated heterocycles. The minimum absolute atomic E-state index is 0.0791. The van der Waals surface area contributed by atoms with Crippen molar-refractivity contribution in [2.24, 2.45) is 19.8 Å². The van der Waals surface area contributed by atoms with Crippen molar-refractivity contribution in [1.82, 2.24) is 13.7 Å². The van der Waals surface area contributed by atoms with Gasteiger partial charge in [-0.25, -0.2) is 0 Å². The largest absolute Gasteiger partial charge is 0.384 e. The van der Waals surface area contributed by atoms with Crippen molar-refractivity contribution < 1.29 is 0 Å². The van der Waals surface area contributed by atoms with Crippen LogP contribution >= 0.6 is 11.3 Å². The predicted octanol–water partition coefficient (Wildman–Crippen LogP) is 0.538. The molecule has 2 N–H and O–H groups in total. The van der Waals surface area contributed by atoms with E-state index < -0.39 is 5.92 Å². The number of aryl methyl sites for hydroxylation is 2. The van der Waals surface area contributed by atoms with Gasteiger partial charge in [-0.1, -0.05) is 0 Å². The lowest BCUT2D eigenvalue weighted by atomic mass is 9.88. The van der Waals surface area contributed by atoms with E-state index in [1.54, 1.807) is 6.08 Å². The van der Waals surface area contributed by atoms with Gasteiger partial charge in [-0.3, -0.25) is 9.36 Å². The molecule has 4 heterocycles. The highest BCUT2D eigenvalue weighted by atomic mass is 32.1. The molecule has 0 unspecified atom stereocenters. The first kappa shape index (κ1) is 17.7. The first-order valence-electron chi connectivity index (χ1n) is 8.48. The maximum absolute atomic E-state index is 13.0. The summed E-state index contributed by atoms with van der Waals surface area (Å²) in [6.45, 7) is 0. The summed E-state index contributed by atoms with van der Waals surface area (Å²) < 4.78 is 5.96. The standard InChI is InChI=1S/C20H16N6OS/c1-24-7-3-5-12(24)9-16-19(27)26-18(23)13(10-21)17(14(11-22)20(26)28-16)15-6-4-8-25(15)2/h3-9,17H,23H2,1-2H3/b16-9+/t17-/m1/s1. The molecule has 4 rings (SSSR count). The Hall–Kier alpha value is -3.75. The lowest BCUT2D eigenvalue weighted by Crippen LogP contribution is -2.38. The Balaban J connectivity index is 2.11. The highest BCUT2D eigenvalue weighted by Crippen LogP contribution is 2.35. The molecule has 0 radical (unpaired) electrons. The van der Waals surface area contributed by atoms with Crippen LogP contribution in [0.1, 0.15) is 17.3 Å². The van der Waals surface area contributed by atoms with Crippen LogP contribution in [0, 0.1) is 22.7 Å². The Morgan fingerprint density at radius 3 is 2.36 bits per heavy atom. The molecule has 3 aromatic rings. The van der Waals surface area contributed by atoms with Gasteiger partial charge in [-0.15, -0.1) is 11.3 Å². The molecule has 1 aliphatic rings. The smallest absolute Gasteiger partial charge is 0.274 e. The van der Waals surface area contributed by atoms with E-state index in [9.17, 15) is 15.3 Å². The highest BCUT2D eigenvalue weighted by molar-refractivity contribution is 7.07. The molecule has 8 heteroatoms. The molecule has 1 atom stereocenters. The Kier molecular flexibility index (Phi) is 4.07. The van der Waals surface area contributed by atoms with Gasteiger partial charge in [-0.2, -0.15) is 10.5 Å². The van der Waals surface area contributed by atoms with Gasteiger partial charge < -0.3 is 14.9 Å². The summed E-state index contributed by atoms with van der Waals surface area (Å²) in [6, 6.07) is 11.8. The fourth-order valence-electron chi connectivity index (χ4n) is 3.48. The van der Waals surface area contributed by atoms with Crippen LogP contribution in [0.2, 0.25) is 0 Å². The summed E-state index contributed by atoms with van der Waals surface area (Å²) in [4.78, 5) is 13.0. The molecular weight excluding hydrogens is 372 g/mol. The molecular formula is C20H16N6OS. The van der Waals surface area contributed by atoms with E-state index in [0.717, 1.165) is 11.4 Å². The molecule has 0 spiro atoms. The molecule has 3 aromatic heterocycles. The third-order valence-corrected chi connectivity index (χ3v) is 6.04. The third kappa shape index (κ3) is 2.43. The van der Waals surface area contributed by atoms with Gasteiger partial charge in [0.25, 0.3) is 5.56 Å². The van der Waals surface area contributed by atoms with Gasteiger partial charge in [-0.05, 0) is 30.3 Å². The number of nitriles is 2. The summed E-state index contributed by atoms with van der Waals surface area (Å²) in [5, 5.41) is 19.7. The van der Waals surface area contributed by atoms with E-state index in [1.807, 2.05) is 59.9 Å². The number of rotatable bonds is 2. The van der Waals surface area contributed by atoms with Crippen molar-refractivity contribution in [3.05, 3.63) is 73.2 Å². The number of allylic oxidation sites excluding steroid dienone is 1. The molecule has 0 fully saturated rings. The quantitative estimate of drug-likeness (QED) is 0.691. The van der Waals surface area contributed by atoms with Crippen LogP contribution in [0.15, 0.2) is 47.0 Å². The number of hydrogen-bond acceptors (Lipinski definition) is 5. The molecule has 28 heavy (non-hydrogen) atoms. The lowest BCUT2D eigenvalue weighted by Gasteiger charge is -2.22. The van der Waals surface area contributed by atoms with Gasteiger partial charge in [0, 0.05) is 37.9 Å². The van der Waals surface area contributed by atoms with Crippen molar-refractivity contribution in [2.75, 3.05) is 0 Å². The monoisotopic (exact) mass is 388 g/mol. The van der Waals surface area contributed by atoms with Crippen LogP contribution in [-0.4, -0.2) is 13.7 Å². The number of thiazole rings is 1. The zero-order chi connectivity index (χ0) is 20.0. The predicted molar refractivity (Wildman–Crippen MR) is 107 cm³/mol. The lowest BCUT2D eigenvalue weighted by molar-refractivity contribution is 0.799. The summed E-state index contributed by atoms with van der Waals surface area (Å²) in [6.07, 6.45) is 5.50. The second kappa shape index (κ2) is 6.45. The maximum atomic E-state index is 13.0. The SMILES string of the molecule is Cn1cccc1/C=c1/sc2n(c1=O)C(N)=C(C#N)[C@@H](c1cccn1C)C=2C#N. The Morgan fingerprint density at radius 1 is 1.11 bits per heavy atom. The van der Waals surface area contributed by atoms with Gasteiger partial charge in [0.05, 0.1) is 33.7 Å². The molecule has 0 aliphatic carbocycles. The molecule has 0 amide bonds. The highest BCUT2D eigenvalue weighted by Gasteiger charge is 2.33. The van der Waals surface area contributed by atoms with Crippen LogP contribution < -0.4 is 20.5 Å². The van der Waals surface area contributed by atoms with Crippen molar-refractivity contribution in [3.8, 4) is 12.1 Å². The minimum atomic E-state index is -0.601. The van der Waals surface area contributed by atoms with Crippen LogP contribution in [0.3, 0.4) is 0 Å². The van der Waals surface area contributed by atoms with E-state index in [2.05, 4.69) is 12.1 Å². The van der Waals surface area contributed by atoms with Crippen LogP contribution in [0.25, 0.3) is 17.5 Å². The zero-order valence-corrected chi connectivity index (χ0v) is 16.1. The van der Waals surface area contributed by atoms with Gasteiger partial charge in [0.2, 0.25) is 0 Å². The number of hydrogen-bond donors (Lipinski definition) is 1. The van der Waals surface area contributed by atoms with E-state index in [4.69, 9.17) is 5.73 Å². The van der Waals surface area contributed by atoms with Crippen LogP contribution in [0.4, 0.5) is 0 Å². The zero-order valence-electron chi connectivity index (χ0n) is 15.2. The molecule has 0 saturated carbocycles. The maximum Gasteiger partial charge on any atom is 0.274 e. The Labute approximate surface area is 164 Å². The fourth-order valence-corrected chi connectivity index (χ4v) is 4.59. The van der Waals surface area contributed by atoms with Crippen LogP contribution in [-0.2, 0) is 14.1 Å². The number of nitrogens with two attached hydrogens (primary N) is 1. The Bertz CT molecular complexity index is 1400. The fraction of sp³-hybridized carbons (Fsp3) is 0.150. The van der Waals surface area contributed by atoms with Gasteiger partial charge >= 0.3 is 0 Å². The van der Waals surface area contributed by atoms with Crippen molar-refractivity contribution in [3.63, 3.8) is 0 Å². The van der Waals surface area contributed by atoms with Gasteiger partial charge in [0.1, 0.15) is 10.5 Å². The second-order valence-corrected chi connectivity index (χ2v) is 7.54. The number of aromatic nitrogens is 3. The average molecular weight is 388 g/mol. The topological polar surface area (TPSA) is 105 Å². The summed E-state index contributed by atoms with van der Waals surface area (Å²) in [5.41, 5.74) is 8.11. The van der Waals surface area contributed by atoms with Gasteiger partial charge in [0.15, 0.2) is 0 Å². The van der Waals surface area contributed by atoms with Crippen molar-refractivity contribution >= 4 is 28.8 Å².